The molecule has 3 aromatic rings. The quantitative estimate of drug-likeness (QED) is 0.265. The summed E-state index contributed by atoms with van der Waals surface area (Å²) in [6.07, 6.45) is 10.7. The van der Waals surface area contributed by atoms with Crippen LogP contribution in [0.1, 0.15) is 36.9 Å². The summed E-state index contributed by atoms with van der Waals surface area (Å²) in [5.41, 5.74) is 3.12. The van der Waals surface area contributed by atoms with E-state index in [0.29, 0.717) is 37.7 Å². The zero-order valence-electron chi connectivity index (χ0n) is 21.2. The number of aromatic nitrogens is 3. The van der Waals surface area contributed by atoms with Crippen LogP contribution in [0.5, 0.6) is 5.88 Å². The first-order chi connectivity index (χ1) is 18.2. The Morgan fingerprint density at radius 3 is 2.86 bits per heavy atom. The van der Waals surface area contributed by atoms with Gasteiger partial charge in [0.25, 0.3) is 0 Å². The molecule has 0 spiro atoms. The van der Waals surface area contributed by atoms with Gasteiger partial charge in [-0.05, 0) is 74.9 Å². The number of carboxylic acid groups (broad SMARTS) is 1. The van der Waals surface area contributed by atoms with E-state index >= 15 is 0 Å². The summed E-state index contributed by atoms with van der Waals surface area (Å²) >= 11 is 0. The Labute approximate surface area is 218 Å². The second kappa shape index (κ2) is 14.1. The molecule has 0 saturated carbocycles. The van der Waals surface area contributed by atoms with Gasteiger partial charge in [0.15, 0.2) is 0 Å². The normalized spacial score (nSPS) is 13.4. The van der Waals surface area contributed by atoms with Gasteiger partial charge in [-0.25, -0.2) is 14.8 Å². The number of rotatable bonds is 15. The molecule has 1 aliphatic heterocycles. The molecule has 196 valence electrons. The van der Waals surface area contributed by atoms with Gasteiger partial charge in [-0.15, -0.1) is 0 Å². The maximum Gasteiger partial charge on any atom is 0.326 e. The molecule has 0 aliphatic carbocycles. The third-order valence-corrected chi connectivity index (χ3v) is 6.44. The molecule has 0 aromatic carbocycles. The number of carbonyl (C=O) groups is 1. The summed E-state index contributed by atoms with van der Waals surface area (Å²) < 4.78 is 5.80. The summed E-state index contributed by atoms with van der Waals surface area (Å²) in [7, 11) is 0. The first kappa shape index (κ1) is 26.3. The molecule has 37 heavy (non-hydrogen) atoms. The molecule has 1 unspecified atom stereocenters. The van der Waals surface area contributed by atoms with Gasteiger partial charge in [-0.2, -0.15) is 0 Å². The predicted molar refractivity (Wildman–Crippen MR) is 144 cm³/mol. The molecule has 4 rings (SSSR count). The smallest absolute Gasteiger partial charge is 0.326 e. The van der Waals surface area contributed by atoms with E-state index in [2.05, 4.69) is 37.6 Å². The monoisotopic (exact) mass is 504 g/mol. The standard InChI is InChI=1S/C28H36N6O3/c35-28(36)25(32-24-9-6-14-29-21-24)13-18-34(19-20-37-26-10-1-3-15-30-26)17-4-2-8-23-12-11-22-7-5-16-31-27(22)33-23/h1,3,6,9-12,14-15,21,25,32H,2,4-5,7-8,13,16-20H2,(H,31,33)(H,35,36). The zero-order valence-corrected chi connectivity index (χ0v) is 21.2. The van der Waals surface area contributed by atoms with Crippen molar-refractivity contribution in [2.24, 2.45) is 0 Å². The van der Waals surface area contributed by atoms with E-state index in [1.165, 1.54) is 5.56 Å². The number of carboxylic acids is 1. The van der Waals surface area contributed by atoms with Crippen LogP contribution in [0.2, 0.25) is 0 Å². The van der Waals surface area contributed by atoms with Crippen LogP contribution in [0.4, 0.5) is 11.5 Å². The van der Waals surface area contributed by atoms with Crippen LogP contribution in [0, 0.1) is 0 Å². The summed E-state index contributed by atoms with van der Waals surface area (Å²) in [4.78, 5) is 27.2. The molecular weight excluding hydrogens is 468 g/mol. The first-order valence-electron chi connectivity index (χ1n) is 13.1. The lowest BCUT2D eigenvalue weighted by Gasteiger charge is -2.24. The number of hydrogen-bond donors (Lipinski definition) is 3. The highest BCUT2D eigenvalue weighted by atomic mass is 16.5. The molecule has 1 aliphatic rings. The van der Waals surface area contributed by atoms with Crippen LogP contribution in [0.25, 0.3) is 0 Å². The molecular formula is C28H36N6O3. The van der Waals surface area contributed by atoms with Gasteiger partial charge in [0.2, 0.25) is 5.88 Å². The molecule has 4 heterocycles. The van der Waals surface area contributed by atoms with Crippen molar-refractivity contribution in [1.29, 1.82) is 0 Å². The van der Waals surface area contributed by atoms with Crippen LogP contribution >= 0.6 is 0 Å². The van der Waals surface area contributed by atoms with Crippen LogP contribution in [-0.2, 0) is 17.6 Å². The van der Waals surface area contributed by atoms with E-state index in [-0.39, 0.29) is 0 Å². The van der Waals surface area contributed by atoms with Crippen molar-refractivity contribution in [3.05, 3.63) is 72.3 Å². The Bertz CT molecular complexity index is 1100. The van der Waals surface area contributed by atoms with Gasteiger partial charge in [-0.3, -0.25) is 9.88 Å². The summed E-state index contributed by atoms with van der Waals surface area (Å²) in [5, 5.41) is 16.2. The van der Waals surface area contributed by atoms with Crippen molar-refractivity contribution in [2.45, 2.75) is 44.6 Å². The Morgan fingerprint density at radius 2 is 2.05 bits per heavy atom. The lowest BCUT2D eigenvalue weighted by molar-refractivity contribution is -0.138. The fourth-order valence-electron chi connectivity index (χ4n) is 4.42. The first-order valence-corrected chi connectivity index (χ1v) is 13.1. The molecule has 0 fully saturated rings. The largest absolute Gasteiger partial charge is 0.480 e. The maximum atomic E-state index is 11.9. The molecule has 9 nitrogen and oxygen atoms in total. The molecule has 9 heteroatoms. The number of anilines is 2. The van der Waals surface area contributed by atoms with Crippen molar-refractivity contribution >= 4 is 17.5 Å². The fourth-order valence-corrected chi connectivity index (χ4v) is 4.42. The van der Waals surface area contributed by atoms with E-state index in [1.807, 2.05) is 24.3 Å². The fraction of sp³-hybridized carbons (Fsp3) is 0.429. The van der Waals surface area contributed by atoms with Crippen LogP contribution in [0.15, 0.2) is 61.1 Å². The number of nitrogens with one attached hydrogen (secondary N) is 2. The average Bonchev–Trinajstić information content (AvgIpc) is 2.93. The summed E-state index contributed by atoms with van der Waals surface area (Å²) in [5.74, 6) is 0.759. The molecule has 3 aromatic heterocycles. The summed E-state index contributed by atoms with van der Waals surface area (Å²) in [6.45, 7) is 3.66. The van der Waals surface area contributed by atoms with E-state index in [4.69, 9.17) is 9.72 Å². The Hall–Kier alpha value is -3.72. The minimum atomic E-state index is -0.874. The number of aliphatic carboxylic acids is 1. The maximum absolute atomic E-state index is 11.9. The van der Waals surface area contributed by atoms with Crippen LogP contribution in [-0.4, -0.2) is 69.8 Å². The molecule has 0 saturated heterocycles. The topological polar surface area (TPSA) is 112 Å². The highest BCUT2D eigenvalue weighted by Gasteiger charge is 2.19. The number of aryl methyl sites for hydroxylation is 2. The Morgan fingerprint density at radius 1 is 1.11 bits per heavy atom. The highest BCUT2D eigenvalue weighted by Crippen LogP contribution is 2.20. The average molecular weight is 505 g/mol. The lowest BCUT2D eigenvalue weighted by Crippen LogP contribution is -2.37. The van der Waals surface area contributed by atoms with Gasteiger partial charge in [0.05, 0.1) is 5.69 Å². The number of nitrogens with zero attached hydrogens (tertiary/aromatic N) is 4. The second-order valence-electron chi connectivity index (χ2n) is 9.22. The molecule has 0 amide bonds. The molecule has 3 N–H and O–H groups in total. The Balaban J connectivity index is 1.28. The zero-order chi connectivity index (χ0) is 25.7. The molecule has 0 bridgehead atoms. The minimum absolute atomic E-state index is 0.464. The number of unbranched alkanes of at least 4 members (excludes halogenated alkanes) is 1. The van der Waals surface area contributed by atoms with Crippen molar-refractivity contribution in [2.75, 3.05) is 43.4 Å². The van der Waals surface area contributed by atoms with E-state index < -0.39 is 12.0 Å². The van der Waals surface area contributed by atoms with Gasteiger partial charge in [0.1, 0.15) is 18.5 Å². The van der Waals surface area contributed by atoms with Crippen molar-refractivity contribution in [1.82, 2.24) is 19.9 Å². The van der Waals surface area contributed by atoms with E-state index in [0.717, 1.165) is 56.7 Å². The van der Waals surface area contributed by atoms with Crippen molar-refractivity contribution < 1.29 is 14.6 Å². The molecule has 0 radical (unpaired) electrons. The van der Waals surface area contributed by atoms with Crippen LogP contribution in [0.3, 0.4) is 0 Å². The van der Waals surface area contributed by atoms with Gasteiger partial charge < -0.3 is 20.5 Å². The van der Waals surface area contributed by atoms with Crippen molar-refractivity contribution in [3.8, 4) is 5.88 Å². The number of hydrogen-bond acceptors (Lipinski definition) is 8. The van der Waals surface area contributed by atoms with Gasteiger partial charge in [-0.1, -0.05) is 12.1 Å². The third-order valence-electron chi connectivity index (χ3n) is 6.44. The minimum Gasteiger partial charge on any atom is -0.480 e. The third kappa shape index (κ3) is 8.71. The molecule has 1 atom stereocenters. The number of fused-ring (bicyclic) bond motifs is 1. The SMILES string of the molecule is O=C(O)C(CCN(CCCCc1ccc2c(n1)NCCC2)CCOc1ccccn1)Nc1cccnc1. The summed E-state index contributed by atoms with van der Waals surface area (Å²) in [6, 6.07) is 12.8. The Kier molecular flexibility index (Phi) is 10.1. The van der Waals surface area contributed by atoms with E-state index in [1.54, 1.807) is 24.7 Å². The lowest BCUT2D eigenvalue weighted by atomic mass is 10.1. The van der Waals surface area contributed by atoms with E-state index in [9.17, 15) is 9.90 Å². The number of pyridine rings is 3. The highest BCUT2D eigenvalue weighted by molar-refractivity contribution is 5.77. The number of ether oxygens (including phenoxy) is 1. The second-order valence-corrected chi connectivity index (χ2v) is 9.22. The van der Waals surface area contributed by atoms with Crippen molar-refractivity contribution in [3.63, 3.8) is 0 Å². The van der Waals surface area contributed by atoms with Gasteiger partial charge in [0, 0.05) is 50.0 Å². The van der Waals surface area contributed by atoms with Crippen LogP contribution < -0.4 is 15.4 Å². The predicted octanol–water partition coefficient (Wildman–Crippen LogP) is 3.89. The van der Waals surface area contributed by atoms with Gasteiger partial charge >= 0.3 is 5.97 Å².